The van der Waals surface area contributed by atoms with Crippen molar-refractivity contribution in [2.75, 3.05) is 6.61 Å². The first-order valence-electron chi connectivity index (χ1n) is 1.90. The molecule has 35 valence electrons. The van der Waals surface area contributed by atoms with Crippen molar-refractivity contribution in [3.8, 4) is 0 Å². The summed E-state index contributed by atoms with van der Waals surface area (Å²) in [7, 11) is 0. The van der Waals surface area contributed by atoms with E-state index in [2.05, 4.69) is 3.07 Å². The summed E-state index contributed by atoms with van der Waals surface area (Å²) in [5.41, 5.74) is 0. The Balaban J connectivity index is 2.49. The summed E-state index contributed by atoms with van der Waals surface area (Å²) in [6.07, 6.45) is 0.975. The Labute approximate surface area is 48.0 Å². The third kappa shape index (κ3) is 4.56. The van der Waals surface area contributed by atoms with Crippen LogP contribution < -0.4 is 0 Å². The molecule has 0 rings (SSSR count). The summed E-state index contributed by atoms with van der Waals surface area (Å²) >= 11 is -1.56. The maximum absolute atomic E-state index is 9.64. The zero-order valence-corrected chi connectivity index (χ0v) is 6.58. The quantitative estimate of drug-likeness (QED) is 0.479. The molecule has 0 saturated carbocycles. The molecule has 0 amide bonds. The summed E-state index contributed by atoms with van der Waals surface area (Å²) in [6, 6.07) is 0. The summed E-state index contributed by atoms with van der Waals surface area (Å²) in [5.74, 6) is 0. The van der Waals surface area contributed by atoms with Gasteiger partial charge in [-0.3, -0.25) is 0 Å². The summed E-state index contributed by atoms with van der Waals surface area (Å²) < 4.78 is 14.2. The van der Waals surface area contributed by atoms with Crippen LogP contribution in [0.5, 0.6) is 0 Å². The zero-order valence-electron chi connectivity index (χ0n) is 3.73. The molecule has 2 nitrogen and oxygen atoms in total. The van der Waals surface area contributed by atoms with Crippen LogP contribution in [-0.4, -0.2) is 28.1 Å². The van der Waals surface area contributed by atoms with Crippen molar-refractivity contribution in [2.24, 2.45) is 0 Å². The van der Waals surface area contributed by atoms with E-state index < -0.39 is 21.5 Å². The molecule has 0 aliphatic heterocycles. The van der Waals surface area contributed by atoms with Crippen LogP contribution in [-0.2, 0) is 6.15 Å². The Morgan fingerprint density at radius 1 is 1.83 bits per heavy atom. The van der Waals surface area contributed by atoms with Crippen LogP contribution in [0.1, 0.15) is 13.3 Å². The van der Waals surface area contributed by atoms with Crippen molar-refractivity contribution in [1.82, 2.24) is 0 Å². The molecular formula is C3H7O2Sn. The van der Waals surface area contributed by atoms with Gasteiger partial charge in [0.25, 0.3) is 0 Å². The van der Waals surface area contributed by atoms with Crippen LogP contribution in [0, 0.1) is 0 Å². The Bertz CT molecular complexity index is 37.8. The van der Waals surface area contributed by atoms with Crippen LogP contribution in [0.25, 0.3) is 0 Å². The molecule has 0 aromatic heterocycles. The first-order chi connectivity index (χ1) is 2.91. The van der Waals surface area contributed by atoms with E-state index in [1.54, 1.807) is 0 Å². The number of hydrogen-bond donors (Lipinski definition) is 0. The molecule has 0 aliphatic carbocycles. The Morgan fingerprint density at radius 3 is 2.67 bits per heavy atom. The first kappa shape index (κ1) is 6.56. The standard InChI is InChI=1S/C3H7O.O.Sn/c1-2-3-4;;/h2-3H2,1H3;;/q-1;;+1. The van der Waals surface area contributed by atoms with E-state index in [0.717, 1.165) is 6.42 Å². The molecule has 0 aromatic rings. The second kappa shape index (κ2) is 5.56. The van der Waals surface area contributed by atoms with Gasteiger partial charge in [0.1, 0.15) is 0 Å². The maximum atomic E-state index is 9.64. The summed E-state index contributed by atoms with van der Waals surface area (Å²) in [5, 5.41) is 0. The molecular weight excluding hydrogens is 187 g/mol. The molecule has 0 atom stereocenters. The molecule has 6 heavy (non-hydrogen) atoms. The Morgan fingerprint density at radius 2 is 2.50 bits per heavy atom. The molecule has 0 fully saturated rings. The molecule has 1 radical (unpaired) electrons. The van der Waals surface area contributed by atoms with E-state index in [0.29, 0.717) is 6.61 Å². The van der Waals surface area contributed by atoms with Gasteiger partial charge in [-0.15, -0.1) is 0 Å². The van der Waals surface area contributed by atoms with Gasteiger partial charge >= 0.3 is 47.6 Å². The topological polar surface area (TPSA) is 26.3 Å². The van der Waals surface area contributed by atoms with E-state index in [4.69, 9.17) is 0 Å². The van der Waals surface area contributed by atoms with E-state index in [1.807, 2.05) is 6.92 Å². The van der Waals surface area contributed by atoms with Gasteiger partial charge in [0.05, 0.1) is 0 Å². The fraction of sp³-hybridized carbons (Fsp3) is 1.00. The van der Waals surface area contributed by atoms with E-state index in [9.17, 15) is 3.08 Å². The Kier molecular flexibility index (Phi) is 6.08. The van der Waals surface area contributed by atoms with E-state index >= 15 is 0 Å². The van der Waals surface area contributed by atoms with Gasteiger partial charge < -0.3 is 0 Å². The number of rotatable bonds is 3. The molecule has 0 aromatic carbocycles. The predicted octanol–water partition coefficient (Wildman–Crippen LogP) is 0.378. The van der Waals surface area contributed by atoms with E-state index in [-0.39, 0.29) is 0 Å². The third-order valence-electron chi connectivity index (χ3n) is 0.365. The predicted molar refractivity (Wildman–Crippen MR) is 22.7 cm³/mol. The van der Waals surface area contributed by atoms with Crippen molar-refractivity contribution in [1.29, 1.82) is 0 Å². The molecule has 0 bridgehead atoms. The third-order valence-corrected chi connectivity index (χ3v) is 1.28. The van der Waals surface area contributed by atoms with Gasteiger partial charge in [-0.2, -0.15) is 0 Å². The molecule has 0 aliphatic rings. The van der Waals surface area contributed by atoms with Crippen molar-refractivity contribution in [2.45, 2.75) is 13.3 Å². The van der Waals surface area contributed by atoms with Crippen molar-refractivity contribution < 1.29 is 6.15 Å². The fourth-order valence-corrected chi connectivity index (χ4v) is 0.964. The second-order valence-corrected chi connectivity index (χ2v) is 2.23. The van der Waals surface area contributed by atoms with Crippen molar-refractivity contribution in [3.63, 3.8) is 0 Å². The number of hydrogen-bond acceptors (Lipinski definition) is 2. The molecule has 0 saturated heterocycles. The molecule has 0 N–H and O–H groups in total. The van der Waals surface area contributed by atoms with Crippen molar-refractivity contribution >= 4 is 21.5 Å². The van der Waals surface area contributed by atoms with Gasteiger partial charge in [-0.05, 0) is 0 Å². The minimum atomic E-state index is -1.56. The average molecular weight is 194 g/mol. The average Bonchev–Trinajstić information content (AvgIpc) is 1.61. The molecule has 0 spiro atoms. The monoisotopic (exact) mass is 195 g/mol. The van der Waals surface area contributed by atoms with E-state index in [1.165, 1.54) is 0 Å². The van der Waals surface area contributed by atoms with Crippen molar-refractivity contribution in [3.05, 3.63) is 0 Å². The van der Waals surface area contributed by atoms with Gasteiger partial charge in [-0.25, -0.2) is 0 Å². The minimum absolute atomic E-state index is 0.676. The second-order valence-electron chi connectivity index (χ2n) is 0.932. The molecule has 0 unspecified atom stereocenters. The van der Waals surface area contributed by atoms with Gasteiger partial charge in [-0.1, -0.05) is 0 Å². The van der Waals surface area contributed by atoms with Gasteiger partial charge in [0, 0.05) is 0 Å². The normalized spacial score (nSPS) is 8.17. The first-order valence-corrected chi connectivity index (χ1v) is 4.23. The van der Waals surface area contributed by atoms with Crippen LogP contribution in [0.4, 0.5) is 0 Å². The van der Waals surface area contributed by atoms with Gasteiger partial charge in [0.15, 0.2) is 0 Å². The zero-order chi connectivity index (χ0) is 4.83. The van der Waals surface area contributed by atoms with Crippen LogP contribution in [0.2, 0.25) is 0 Å². The van der Waals surface area contributed by atoms with Gasteiger partial charge in [0.2, 0.25) is 0 Å². The summed E-state index contributed by atoms with van der Waals surface area (Å²) in [4.78, 5) is 0. The van der Waals surface area contributed by atoms with Crippen LogP contribution >= 0.6 is 0 Å². The van der Waals surface area contributed by atoms with Crippen LogP contribution in [0.15, 0.2) is 0 Å². The molecule has 3 heteroatoms. The Hall–Kier alpha value is 0.559. The molecule has 0 heterocycles. The van der Waals surface area contributed by atoms with Crippen LogP contribution in [0.3, 0.4) is 0 Å². The fourth-order valence-electron chi connectivity index (χ4n) is 0.144. The summed E-state index contributed by atoms with van der Waals surface area (Å²) in [6.45, 7) is 2.67. The SMILES string of the molecule is CCC[O][Sn]=[O].